The number of rotatable bonds is 41. The molecular weight excluding hydrogens is 1170 g/mol. The number of anilines is 4. The molecule has 0 spiro atoms. The summed E-state index contributed by atoms with van der Waals surface area (Å²) in [5, 5.41) is 0. The molecule has 0 aliphatic carbocycles. The highest BCUT2D eigenvalue weighted by Crippen LogP contribution is 2.34. The molecule has 0 saturated heterocycles. The minimum absolute atomic E-state index is 0.00726. The third-order valence-electron chi connectivity index (χ3n) is 12.4. The highest BCUT2D eigenvalue weighted by atomic mass is 16.6. The zero-order valence-electron chi connectivity index (χ0n) is 53.5. The van der Waals surface area contributed by atoms with E-state index in [9.17, 15) is 43.2 Å². The largest absolute Gasteiger partial charge is 0.488 e. The first-order valence-corrected chi connectivity index (χ1v) is 30.1. The summed E-state index contributed by atoms with van der Waals surface area (Å²) < 4.78 is 65.0. The quantitative estimate of drug-likeness (QED) is 0.0188. The molecule has 0 aromatic heterocycles. The van der Waals surface area contributed by atoms with Gasteiger partial charge in [-0.15, -0.1) is 0 Å². The lowest BCUT2D eigenvalue weighted by Crippen LogP contribution is -2.36. The molecule has 0 aliphatic heterocycles. The fourth-order valence-corrected chi connectivity index (χ4v) is 8.54. The van der Waals surface area contributed by atoms with Crippen LogP contribution in [0.4, 0.5) is 22.7 Å². The van der Waals surface area contributed by atoms with E-state index in [1.54, 1.807) is 108 Å². The van der Waals surface area contributed by atoms with Gasteiger partial charge in [0.05, 0.1) is 75.6 Å². The molecule has 4 aromatic carbocycles. The fourth-order valence-electron chi connectivity index (χ4n) is 8.54. The van der Waals surface area contributed by atoms with E-state index in [2.05, 4.69) is 0 Å². The van der Waals surface area contributed by atoms with Crippen molar-refractivity contribution in [3.63, 3.8) is 0 Å². The van der Waals surface area contributed by atoms with E-state index in [1.165, 1.54) is 21.9 Å². The monoisotopic (exact) mass is 1260 g/mol. The first-order chi connectivity index (χ1) is 43.4. The number of carbonyl (C=O) groups excluding carboxylic acids is 9. The zero-order valence-corrected chi connectivity index (χ0v) is 53.5. The second-order valence-electron chi connectivity index (χ2n) is 18.9. The maximum atomic E-state index is 12.4. The molecule has 0 N–H and O–H groups in total. The van der Waals surface area contributed by atoms with Gasteiger partial charge >= 0.3 is 47.8 Å². The average molecular weight is 1260 g/mol. The van der Waals surface area contributed by atoms with Crippen molar-refractivity contribution in [3.05, 3.63) is 95.6 Å². The van der Waals surface area contributed by atoms with Crippen LogP contribution in [0.5, 0.6) is 23.0 Å². The maximum absolute atomic E-state index is 12.4. The zero-order chi connectivity index (χ0) is 66.2. The predicted molar refractivity (Wildman–Crippen MR) is 334 cm³/mol. The fraction of sp³-hybridized carbons (Fsp3) is 0.492. The molecule has 0 amide bonds. The molecule has 0 saturated carbocycles. The Morgan fingerprint density at radius 2 is 0.578 bits per heavy atom. The normalized spacial score (nSPS) is 10.4. The molecule has 0 radical (unpaired) electrons. The molecule has 0 bridgehead atoms. The topological polar surface area (TPSA) is 277 Å². The first-order valence-electron chi connectivity index (χ1n) is 30.1. The van der Waals surface area contributed by atoms with E-state index in [4.69, 9.17) is 56.8 Å². The predicted octanol–water partition coefficient (Wildman–Crippen LogP) is 6.96. The Bertz CT molecular complexity index is 2840. The molecule has 25 nitrogen and oxygen atoms in total. The van der Waals surface area contributed by atoms with Crippen LogP contribution >= 0.6 is 0 Å². The highest BCUT2D eigenvalue weighted by Gasteiger charge is 2.26. The van der Waals surface area contributed by atoms with Crippen molar-refractivity contribution in [3.8, 4) is 23.0 Å². The van der Waals surface area contributed by atoms with Crippen LogP contribution in [-0.4, -0.2) is 186 Å². The van der Waals surface area contributed by atoms with Gasteiger partial charge in [-0.1, -0.05) is 38.1 Å². The number of aryl methyl sites for hydroxylation is 2. The number of hydrogen-bond donors (Lipinski definition) is 0. The lowest BCUT2D eigenvalue weighted by atomic mass is 10.1. The number of benzene rings is 4. The van der Waals surface area contributed by atoms with Gasteiger partial charge in [0.15, 0.2) is 0 Å². The molecule has 0 heterocycles. The Morgan fingerprint density at radius 3 is 0.867 bits per heavy atom. The SMILES string of the molecule is CCOC(=O)CN(CC(=O)OCC)c1ccc(C=O)cc1OCCOc1ccc(CC)cc1N(CC(=O)OCC)CC(=O)OCC.CCOC(=O)CN(CC(=O)OCC)c1ccccc1OCCOc1ccc(CC)cc1N(CC(=O)OCC)CC(=O)OCC. The Balaban J connectivity index is 0.000000471. The van der Waals surface area contributed by atoms with Gasteiger partial charge in [0, 0.05) is 5.56 Å². The highest BCUT2D eigenvalue weighted by molar-refractivity contribution is 5.87. The van der Waals surface area contributed by atoms with Crippen LogP contribution in [0.2, 0.25) is 0 Å². The van der Waals surface area contributed by atoms with Crippen molar-refractivity contribution in [2.75, 3.05) is 151 Å². The minimum atomic E-state index is -0.557. The first kappa shape index (κ1) is 75.0. The maximum Gasteiger partial charge on any atom is 0.325 e. The van der Waals surface area contributed by atoms with Crippen LogP contribution in [0.1, 0.15) is 90.7 Å². The van der Waals surface area contributed by atoms with Crippen molar-refractivity contribution >= 4 is 76.8 Å². The van der Waals surface area contributed by atoms with E-state index in [0.717, 1.165) is 17.5 Å². The molecular formula is C65H88N4O21. The van der Waals surface area contributed by atoms with E-state index < -0.39 is 47.8 Å². The third kappa shape index (κ3) is 27.0. The number of esters is 8. The molecule has 0 aliphatic rings. The Kier molecular flexibility index (Phi) is 35.5. The van der Waals surface area contributed by atoms with Crippen molar-refractivity contribution in [2.45, 2.75) is 82.1 Å². The van der Waals surface area contributed by atoms with Crippen molar-refractivity contribution < 1.29 is 100.0 Å². The summed E-state index contributed by atoms with van der Waals surface area (Å²) in [4.78, 5) is 117. The summed E-state index contributed by atoms with van der Waals surface area (Å²) in [6.07, 6.45) is 2.08. The molecule has 494 valence electrons. The lowest BCUT2D eigenvalue weighted by molar-refractivity contribution is -0.144. The number of hydrogen-bond acceptors (Lipinski definition) is 25. The van der Waals surface area contributed by atoms with Crippen LogP contribution in [-0.2, 0) is 89.1 Å². The summed E-state index contributed by atoms with van der Waals surface area (Å²) in [5.41, 5.74) is 4.18. The number of nitrogens with zero attached hydrogens (tertiary/aromatic N) is 4. The number of aldehydes is 1. The van der Waals surface area contributed by atoms with Crippen LogP contribution in [0, 0.1) is 0 Å². The van der Waals surface area contributed by atoms with Gasteiger partial charge in [-0.3, -0.25) is 43.2 Å². The Morgan fingerprint density at radius 1 is 0.311 bits per heavy atom. The van der Waals surface area contributed by atoms with Crippen LogP contribution < -0.4 is 38.5 Å². The van der Waals surface area contributed by atoms with Crippen molar-refractivity contribution in [1.29, 1.82) is 0 Å². The summed E-state index contributed by atoms with van der Waals surface area (Å²) in [6, 6.07) is 22.6. The summed E-state index contributed by atoms with van der Waals surface area (Å²) >= 11 is 0. The molecule has 0 atom stereocenters. The van der Waals surface area contributed by atoms with Crippen molar-refractivity contribution in [1.82, 2.24) is 0 Å². The van der Waals surface area contributed by atoms with E-state index in [-0.39, 0.29) is 137 Å². The Labute approximate surface area is 526 Å². The lowest BCUT2D eigenvalue weighted by Gasteiger charge is -2.26. The minimum Gasteiger partial charge on any atom is -0.488 e. The standard InChI is InChI=1S/C33H44N2O11.C32H44N2O10/c1-6-24-12-14-28(27(17-24)35(21-32(39)43-9-4)22-33(40)44-10-5)45-15-16-46-29-18-25(23-36)11-13-26(29)34(19-30(37)41-7-2)20-31(38)42-8-3;1-6-24-15-16-28(26(19-24)34(22-31(37)41-9-4)23-32(38)42-10-5)44-18-17-43-27-14-12-11-13-25(27)33(20-29(35)39-7-2)21-30(36)40-8-3/h11-14,17-18,23H,6-10,15-16,19-22H2,1-5H3;11-16,19H,6-10,17-18,20-23H2,1-5H3. The van der Waals surface area contributed by atoms with E-state index in [1.807, 2.05) is 38.1 Å². The molecule has 0 unspecified atom stereocenters. The van der Waals surface area contributed by atoms with Crippen LogP contribution in [0.3, 0.4) is 0 Å². The van der Waals surface area contributed by atoms with Gasteiger partial charge in [0.1, 0.15) is 108 Å². The Hall–Kier alpha value is -9.29. The van der Waals surface area contributed by atoms with E-state index in [0.29, 0.717) is 58.3 Å². The number of carbonyl (C=O) groups is 9. The summed E-state index contributed by atoms with van der Waals surface area (Å²) in [6.45, 7) is 17.7. The van der Waals surface area contributed by atoms with Gasteiger partial charge in [0.2, 0.25) is 0 Å². The molecule has 4 aromatic rings. The van der Waals surface area contributed by atoms with E-state index >= 15 is 0 Å². The van der Waals surface area contributed by atoms with Gasteiger partial charge in [-0.2, -0.15) is 0 Å². The molecule has 90 heavy (non-hydrogen) atoms. The molecule has 25 heteroatoms. The second kappa shape index (κ2) is 42.6. The summed E-state index contributed by atoms with van der Waals surface area (Å²) in [5.74, 6) is -2.60. The van der Waals surface area contributed by atoms with Crippen LogP contribution in [0.25, 0.3) is 0 Å². The third-order valence-corrected chi connectivity index (χ3v) is 12.4. The van der Waals surface area contributed by atoms with Gasteiger partial charge in [0.25, 0.3) is 0 Å². The number of ether oxygens (including phenoxy) is 12. The average Bonchev–Trinajstić information content (AvgIpc) is 1.55. The van der Waals surface area contributed by atoms with Gasteiger partial charge in [-0.25, -0.2) is 0 Å². The smallest absolute Gasteiger partial charge is 0.325 e. The van der Waals surface area contributed by atoms with Gasteiger partial charge in [-0.05, 0) is 134 Å². The number of para-hydroxylation sites is 2. The van der Waals surface area contributed by atoms with Gasteiger partial charge < -0.3 is 76.4 Å². The van der Waals surface area contributed by atoms with Crippen molar-refractivity contribution in [2.24, 2.45) is 0 Å². The molecule has 4 rings (SSSR count). The van der Waals surface area contributed by atoms with Crippen LogP contribution in [0.15, 0.2) is 78.9 Å². The molecule has 0 fully saturated rings. The summed E-state index contributed by atoms with van der Waals surface area (Å²) in [7, 11) is 0. The second-order valence-corrected chi connectivity index (χ2v) is 18.9.